The number of thioether (sulfide) groups is 1. The third-order valence-corrected chi connectivity index (χ3v) is 2.89. The van der Waals surface area contributed by atoms with Crippen molar-refractivity contribution in [2.24, 2.45) is 0 Å². The van der Waals surface area contributed by atoms with E-state index in [0.717, 1.165) is 23.6 Å². The number of hydrogen-bond donors (Lipinski definition) is 0. The minimum atomic E-state index is 0.647. The molecule has 74 valence electrons. The van der Waals surface area contributed by atoms with E-state index < -0.39 is 0 Å². The fourth-order valence-electron chi connectivity index (χ4n) is 0.930. The third-order valence-electron chi connectivity index (χ3n) is 1.63. The minimum absolute atomic E-state index is 0.647. The van der Waals surface area contributed by atoms with Crippen LogP contribution in [0.15, 0.2) is 23.4 Å². The molecule has 0 unspecified atom stereocenters. The first-order chi connectivity index (χ1) is 6.83. The maximum atomic E-state index is 8.33. The zero-order chi connectivity index (χ0) is 10.2. The molecule has 1 aromatic heterocycles. The molecule has 0 saturated heterocycles. The average Bonchev–Trinajstić information content (AvgIpc) is 2.21. The third kappa shape index (κ3) is 4.50. The summed E-state index contributed by atoms with van der Waals surface area (Å²) in [5.41, 5.74) is 0. The summed E-state index contributed by atoms with van der Waals surface area (Å²) in [6.07, 6.45) is 4.33. The first kappa shape index (κ1) is 11.4. The zero-order valence-corrected chi connectivity index (χ0v) is 9.31. The second kappa shape index (κ2) is 6.69. The Morgan fingerprint density at radius 2 is 2.29 bits per heavy atom. The van der Waals surface area contributed by atoms with Gasteiger partial charge in [-0.3, -0.25) is 0 Å². The maximum absolute atomic E-state index is 8.33. The normalized spacial score (nSPS) is 9.71. The second-order valence-electron chi connectivity index (χ2n) is 2.78. The molecule has 0 N–H and O–H groups in total. The number of nitrogens with zero attached hydrogens (tertiary/aromatic N) is 2. The highest BCUT2D eigenvalue weighted by Gasteiger charge is 1.95. The predicted molar refractivity (Wildman–Crippen MR) is 59.4 cm³/mol. The summed E-state index contributed by atoms with van der Waals surface area (Å²) in [6, 6.07) is 5.88. The first-order valence-corrected chi connectivity index (χ1v) is 5.80. The molecule has 0 atom stereocenters. The Balaban J connectivity index is 2.19. The van der Waals surface area contributed by atoms with E-state index in [1.165, 1.54) is 0 Å². The molecule has 1 rings (SSSR count). The van der Waals surface area contributed by atoms with Crippen LogP contribution in [0.1, 0.15) is 19.3 Å². The number of nitriles is 1. The molecule has 0 amide bonds. The van der Waals surface area contributed by atoms with E-state index >= 15 is 0 Å². The number of hydrogen-bond acceptors (Lipinski definition) is 3. The van der Waals surface area contributed by atoms with Gasteiger partial charge in [-0.1, -0.05) is 11.6 Å². The van der Waals surface area contributed by atoms with Gasteiger partial charge in [0.1, 0.15) is 0 Å². The number of rotatable bonds is 5. The van der Waals surface area contributed by atoms with Crippen LogP contribution in [0.5, 0.6) is 0 Å². The zero-order valence-electron chi connectivity index (χ0n) is 7.74. The highest BCUT2D eigenvalue weighted by molar-refractivity contribution is 7.99. The second-order valence-corrected chi connectivity index (χ2v) is 4.33. The number of aromatic nitrogens is 1. The van der Waals surface area contributed by atoms with Gasteiger partial charge in [0.25, 0.3) is 0 Å². The van der Waals surface area contributed by atoms with Crippen molar-refractivity contribution in [1.29, 1.82) is 5.26 Å². The summed E-state index contributed by atoms with van der Waals surface area (Å²) in [5.74, 6) is 1.01. The molecule has 0 spiro atoms. The minimum Gasteiger partial charge on any atom is -0.248 e. The van der Waals surface area contributed by atoms with Gasteiger partial charge in [-0.2, -0.15) is 5.26 Å². The van der Waals surface area contributed by atoms with Crippen LogP contribution in [0.25, 0.3) is 0 Å². The van der Waals surface area contributed by atoms with Crippen molar-refractivity contribution in [3.8, 4) is 6.07 Å². The monoisotopic (exact) mass is 226 g/mol. The van der Waals surface area contributed by atoms with Gasteiger partial charge in [0, 0.05) is 12.6 Å². The summed E-state index contributed by atoms with van der Waals surface area (Å²) in [4.78, 5) is 4.16. The molecular weight excluding hydrogens is 216 g/mol. The van der Waals surface area contributed by atoms with E-state index in [1.807, 2.05) is 12.1 Å². The summed E-state index contributed by atoms with van der Waals surface area (Å²) in [6.45, 7) is 0. The Morgan fingerprint density at radius 1 is 1.43 bits per heavy atom. The van der Waals surface area contributed by atoms with Gasteiger partial charge in [-0.25, -0.2) is 4.98 Å². The fraction of sp³-hybridized carbons (Fsp3) is 0.400. The molecule has 0 aliphatic carbocycles. The van der Waals surface area contributed by atoms with Crippen LogP contribution >= 0.6 is 23.4 Å². The maximum Gasteiger partial charge on any atom is 0.0960 e. The Kier molecular flexibility index (Phi) is 5.43. The van der Waals surface area contributed by atoms with Gasteiger partial charge in [-0.05, 0) is 30.7 Å². The molecule has 0 aliphatic rings. The van der Waals surface area contributed by atoms with Crippen molar-refractivity contribution in [3.63, 3.8) is 0 Å². The highest BCUT2D eigenvalue weighted by atomic mass is 35.5. The highest BCUT2D eigenvalue weighted by Crippen LogP contribution is 2.18. The van der Waals surface area contributed by atoms with E-state index in [9.17, 15) is 0 Å². The van der Waals surface area contributed by atoms with Gasteiger partial charge < -0.3 is 0 Å². The van der Waals surface area contributed by atoms with Crippen LogP contribution < -0.4 is 0 Å². The lowest BCUT2D eigenvalue weighted by molar-refractivity contribution is 0.829. The van der Waals surface area contributed by atoms with Gasteiger partial charge in [-0.15, -0.1) is 11.8 Å². The Morgan fingerprint density at radius 3 is 2.93 bits per heavy atom. The smallest absolute Gasteiger partial charge is 0.0960 e. The Labute approximate surface area is 93.3 Å². The summed E-state index contributed by atoms with van der Waals surface area (Å²) < 4.78 is 0. The van der Waals surface area contributed by atoms with Crippen LogP contribution in [0.2, 0.25) is 5.02 Å². The van der Waals surface area contributed by atoms with Gasteiger partial charge in [0.05, 0.1) is 16.1 Å². The van der Waals surface area contributed by atoms with Gasteiger partial charge in [0.2, 0.25) is 0 Å². The van der Waals surface area contributed by atoms with Crippen LogP contribution in [-0.4, -0.2) is 10.7 Å². The van der Waals surface area contributed by atoms with Crippen LogP contribution in [-0.2, 0) is 0 Å². The van der Waals surface area contributed by atoms with Crippen LogP contribution in [0.4, 0.5) is 0 Å². The fourth-order valence-corrected chi connectivity index (χ4v) is 1.89. The standard InChI is InChI=1S/C10H11ClN2S/c11-9-4-5-10(13-8-9)14-7-3-1-2-6-12/h4-5,8H,1-3,7H2. The van der Waals surface area contributed by atoms with Crippen LogP contribution in [0, 0.1) is 11.3 Å². The lowest BCUT2D eigenvalue weighted by Crippen LogP contribution is -1.83. The average molecular weight is 227 g/mol. The van der Waals surface area contributed by atoms with E-state index in [0.29, 0.717) is 11.4 Å². The van der Waals surface area contributed by atoms with Crippen molar-refractivity contribution in [3.05, 3.63) is 23.4 Å². The van der Waals surface area contributed by atoms with Crippen molar-refractivity contribution >= 4 is 23.4 Å². The van der Waals surface area contributed by atoms with Crippen molar-refractivity contribution in [2.75, 3.05) is 5.75 Å². The van der Waals surface area contributed by atoms with Crippen LogP contribution in [0.3, 0.4) is 0 Å². The van der Waals surface area contributed by atoms with Crippen molar-refractivity contribution < 1.29 is 0 Å². The number of halogens is 1. The SMILES string of the molecule is N#CCCCCSc1ccc(Cl)cn1. The Hall–Kier alpha value is -0.720. The molecule has 4 heteroatoms. The first-order valence-electron chi connectivity index (χ1n) is 4.44. The lowest BCUT2D eigenvalue weighted by Gasteiger charge is -1.99. The quantitative estimate of drug-likeness (QED) is 0.570. The summed E-state index contributed by atoms with van der Waals surface area (Å²) in [5, 5.41) is 9.99. The predicted octanol–water partition coefficient (Wildman–Crippen LogP) is 3.52. The number of pyridine rings is 1. The Bertz CT molecular complexity index is 305. The molecule has 0 radical (unpaired) electrons. The van der Waals surface area contributed by atoms with E-state index in [4.69, 9.17) is 16.9 Å². The van der Waals surface area contributed by atoms with Gasteiger partial charge >= 0.3 is 0 Å². The molecule has 0 fully saturated rings. The molecule has 1 heterocycles. The molecule has 0 aromatic carbocycles. The van der Waals surface area contributed by atoms with E-state index in [-0.39, 0.29) is 0 Å². The van der Waals surface area contributed by atoms with E-state index in [1.54, 1.807) is 18.0 Å². The summed E-state index contributed by atoms with van der Waals surface area (Å²) >= 11 is 7.41. The molecule has 0 aliphatic heterocycles. The number of unbranched alkanes of at least 4 members (excludes halogenated alkanes) is 2. The molecular formula is C10H11ClN2S. The lowest BCUT2D eigenvalue weighted by atomic mass is 10.3. The van der Waals surface area contributed by atoms with Gasteiger partial charge in [0.15, 0.2) is 0 Å². The summed E-state index contributed by atoms with van der Waals surface area (Å²) in [7, 11) is 0. The molecule has 14 heavy (non-hydrogen) atoms. The molecule has 0 bridgehead atoms. The van der Waals surface area contributed by atoms with Crippen molar-refractivity contribution in [1.82, 2.24) is 4.98 Å². The molecule has 0 saturated carbocycles. The molecule has 2 nitrogen and oxygen atoms in total. The van der Waals surface area contributed by atoms with E-state index in [2.05, 4.69) is 11.1 Å². The molecule has 1 aromatic rings. The largest absolute Gasteiger partial charge is 0.248 e. The van der Waals surface area contributed by atoms with Crippen molar-refractivity contribution in [2.45, 2.75) is 24.3 Å². The topological polar surface area (TPSA) is 36.7 Å².